The molecule has 7 nitrogen and oxygen atoms in total. The fourth-order valence-corrected chi connectivity index (χ4v) is 2.88. The lowest BCUT2D eigenvalue weighted by atomic mass is 9.77. The molecule has 2 rings (SSSR count). The van der Waals surface area contributed by atoms with E-state index in [2.05, 4.69) is 5.32 Å². The normalized spacial score (nSPS) is 18.3. The molecule has 1 aliphatic heterocycles. The molecule has 0 atom stereocenters. The number of methoxy groups -OCH3 is 1. The van der Waals surface area contributed by atoms with Crippen molar-refractivity contribution in [2.24, 2.45) is 0 Å². The van der Waals surface area contributed by atoms with Crippen LogP contribution in [0.4, 0.5) is 4.79 Å². The Hall–Kier alpha value is -2.03. The summed E-state index contributed by atoms with van der Waals surface area (Å²) in [6.07, 6.45) is 1.33. The first kappa shape index (κ1) is 24.2. The molecule has 1 fully saturated rings. The van der Waals surface area contributed by atoms with Crippen LogP contribution in [-0.2, 0) is 20.7 Å². The third-order valence-electron chi connectivity index (χ3n) is 5.21. The van der Waals surface area contributed by atoms with E-state index in [1.54, 1.807) is 19.2 Å². The van der Waals surface area contributed by atoms with Gasteiger partial charge in [-0.3, -0.25) is 0 Å². The maximum Gasteiger partial charge on any atom is 0.492 e. The predicted octanol–water partition coefficient (Wildman–Crippen LogP) is 3.73. The van der Waals surface area contributed by atoms with Crippen LogP contribution in [0.2, 0.25) is 0 Å². The Kier molecular flexibility index (Phi) is 7.27. The molecule has 0 aliphatic carbocycles. The minimum atomic E-state index is -0.660. The van der Waals surface area contributed by atoms with Gasteiger partial charge in [-0.05, 0) is 71.6 Å². The molecule has 0 bridgehead atoms. The van der Waals surface area contributed by atoms with Gasteiger partial charge in [-0.1, -0.05) is 12.1 Å². The molecule has 1 aliphatic rings. The van der Waals surface area contributed by atoms with Gasteiger partial charge in [-0.25, -0.2) is 4.79 Å². The van der Waals surface area contributed by atoms with Crippen molar-refractivity contribution in [2.45, 2.75) is 71.9 Å². The number of benzene rings is 1. The monoisotopic (exact) mass is 419 g/mol. The van der Waals surface area contributed by atoms with Crippen LogP contribution >= 0.6 is 0 Å². The molecular formula is C22H34BNO6. The lowest BCUT2D eigenvalue weighted by Gasteiger charge is -2.32. The molecule has 0 radical (unpaired) electrons. The largest absolute Gasteiger partial charge is 0.496 e. The summed E-state index contributed by atoms with van der Waals surface area (Å²) in [4.78, 5) is 12.2. The van der Waals surface area contributed by atoms with Gasteiger partial charge in [-0.15, -0.1) is 0 Å². The molecular weight excluding hydrogens is 385 g/mol. The number of hydrogen-bond donors (Lipinski definition) is 2. The first-order chi connectivity index (χ1) is 13.8. The smallest absolute Gasteiger partial charge is 0.492 e. The van der Waals surface area contributed by atoms with Gasteiger partial charge in [0.1, 0.15) is 11.4 Å². The Morgan fingerprint density at radius 2 is 1.80 bits per heavy atom. The topological polar surface area (TPSA) is 86.3 Å². The van der Waals surface area contributed by atoms with E-state index in [1.165, 1.54) is 0 Å². The van der Waals surface area contributed by atoms with Crippen molar-refractivity contribution >= 4 is 19.3 Å². The Balaban J connectivity index is 2.37. The molecule has 1 amide bonds. The summed E-state index contributed by atoms with van der Waals surface area (Å²) in [5.74, 6) is 0.637. The maximum atomic E-state index is 12.2. The Morgan fingerprint density at radius 3 is 2.30 bits per heavy atom. The number of aliphatic hydroxyl groups is 1. The first-order valence-electron chi connectivity index (χ1n) is 10.1. The predicted molar refractivity (Wildman–Crippen MR) is 117 cm³/mol. The van der Waals surface area contributed by atoms with Gasteiger partial charge < -0.3 is 29.2 Å². The third-order valence-corrected chi connectivity index (χ3v) is 5.21. The fourth-order valence-electron chi connectivity index (χ4n) is 2.88. The van der Waals surface area contributed by atoms with Crippen LogP contribution in [0.25, 0.3) is 6.08 Å². The number of rotatable bonds is 6. The van der Waals surface area contributed by atoms with Crippen molar-refractivity contribution < 1.29 is 28.7 Å². The van der Waals surface area contributed by atoms with Crippen LogP contribution in [-0.4, -0.2) is 48.8 Å². The molecule has 166 valence electrons. The van der Waals surface area contributed by atoms with Crippen molar-refractivity contribution in [1.29, 1.82) is 0 Å². The lowest BCUT2D eigenvalue weighted by Crippen LogP contribution is -2.41. The summed E-state index contributed by atoms with van der Waals surface area (Å²) in [5, 5.41) is 12.3. The molecule has 1 aromatic rings. The molecule has 1 heterocycles. The summed E-state index contributed by atoms with van der Waals surface area (Å²) >= 11 is 0. The van der Waals surface area contributed by atoms with Gasteiger partial charge in [-0.2, -0.15) is 0 Å². The second kappa shape index (κ2) is 9.00. The van der Waals surface area contributed by atoms with Crippen molar-refractivity contribution in [3.8, 4) is 5.75 Å². The second-order valence-electron chi connectivity index (χ2n) is 9.40. The third kappa shape index (κ3) is 6.00. The summed E-state index contributed by atoms with van der Waals surface area (Å²) in [6, 6.07) is 5.42. The fraction of sp³-hybridized carbons (Fsp3) is 0.591. The van der Waals surface area contributed by atoms with Crippen LogP contribution in [0, 0.1) is 0 Å². The summed E-state index contributed by atoms with van der Waals surface area (Å²) in [5.41, 5.74) is 0.541. The Bertz CT molecular complexity index is 781. The number of nitrogens with one attached hydrogen (secondary N) is 1. The molecule has 30 heavy (non-hydrogen) atoms. The van der Waals surface area contributed by atoms with Crippen molar-refractivity contribution in [3.05, 3.63) is 34.8 Å². The van der Waals surface area contributed by atoms with Gasteiger partial charge in [0.2, 0.25) is 0 Å². The summed E-state index contributed by atoms with van der Waals surface area (Å²) in [7, 11) is 0.922. The van der Waals surface area contributed by atoms with Crippen molar-refractivity contribution in [2.75, 3.05) is 13.7 Å². The number of ether oxygens (including phenoxy) is 2. The van der Waals surface area contributed by atoms with E-state index < -0.39 is 30.0 Å². The molecule has 0 spiro atoms. The molecule has 0 unspecified atom stereocenters. The minimum absolute atomic E-state index is 0.0905. The van der Waals surface area contributed by atoms with E-state index >= 15 is 0 Å². The van der Waals surface area contributed by atoms with Crippen molar-refractivity contribution in [1.82, 2.24) is 5.32 Å². The zero-order chi connectivity index (χ0) is 22.7. The average Bonchev–Trinajstić information content (AvgIpc) is 2.84. The minimum Gasteiger partial charge on any atom is -0.496 e. The molecule has 2 N–H and O–H groups in total. The SMILES string of the molecule is COc1ccc(CO)cc1C=C(CNC(=O)OC(C)(C)C)B1OC(C)(C)C(C)(C)O1. The van der Waals surface area contributed by atoms with E-state index in [0.29, 0.717) is 11.2 Å². The van der Waals surface area contributed by atoms with E-state index in [1.807, 2.05) is 60.6 Å². The molecule has 0 saturated carbocycles. The van der Waals surface area contributed by atoms with Gasteiger partial charge in [0.05, 0.1) is 24.9 Å². The number of carbonyl (C=O) groups is 1. The number of alkyl carbamates (subject to hydrolysis) is 1. The average molecular weight is 419 g/mol. The van der Waals surface area contributed by atoms with E-state index in [4.69, 9.17) is 18.8 Å². The van der Waals surface area contributed by atoms with Gasteiger partial charge in [0.25, 0.3) is 0 Å². The Morgan fingerprint density at radius 1 is 1.20 bits per heavy atom. The second-order valence-corrected chi connectivity index (χ2v) is 9.40. The number of carbonyl (C=O) groups excluding carboxylic acids is 1. The van der Waals surface area contributed by atoms with Crippen LogP contribution in [0.5, 0.6) is 5.75 Å². The van der Waals surface area contributed by atoms with Gasteiger partial charge in [0.15, 0.2) is 0 Å². The van der Waals surface area contributed by atoms with Crippen LogP contribution in [0.1, 0.15) is 59.6 Å². The standard InChI is InChI=1S/C22H34BNO6/c1-20(2,3)28-19(26)24-13-17(23-29-21(4,5)22(6,7)30-23)12-16-11-15(14-25)9-10-18(16)27-8/h9-12,25H,13-14H2,1-8H3,(H,24,26). The maximum absolute atomic E-state index is 12.2. The summed E-state index contributed by atoms with van der Waals surface area (Å²) < 4.78 is 23.2. The van der Waals surface area contributed by atoms with E-state index in [9.17, 15) is 9.90 Å². The molecule has 8 heteroatoms. The Labute approximate surface area is 179 Å². The van der Waals surface area contributed by atoms with Crippen LogP contribution in [0.3, 0.4) is 0 Å². The number of amides is 1. The highest BCUT2D eigenvalue weighted by Crippen LogP contribution is 2.39. The molecule has 1 aromatic carbocycles. The summed E-state index contributed by atoms with van der Waals surface area (Å²) in [6.45, 7) is 13.4. The van der Waals surface area contributed by atoms with Crippen LogP contribution < -0.4 is 10.1 Å². The zero-order valence-corrected chi connectivity index (χ0v) is 19.3. The molecule has 1 saturated heterocycles. The quantitative estimate of drug-likeness (QED) is 0.684. The van der Waals surface area contributed by atoms with E-state index in [-0.39, 0.29) is 13.2 Å². The highest BCUT2D eigenvalue weighted by atomic mass is 16.7. The van der Waals surface area contributed by atoms with Crippen LogP contribution in [0.15, 0.2) is 23.7 Å². The molecule has 0 aromatic heterocycles. The van der Waals surface area contributed by atoms with Gasteiger partial charge in [0, 0.05) is 12.1 Å². The van der Waals surface area contributed by atoms with Crippen molar-refractivity contribution in [3.63, 3.8) is 0 Å². The lowest BCUT2D eigenvalue weighted by molar-refractivity contribution is 0.00578. The highest BCUT2D eigenvalue weighted by Gasteiger charge is 2.52. The first-order valence-corrected chi connectivity index (χ1v) is 10.1. The van der Waals surface area contributed by atoms with E-state index in [0.717, 1.165) is 11.1 Å². The van der Waals surface area contributed by atoms with Gasteiger partial charge >= 0.3 is 13.2 Å². The number of aliphatic hydroxyl groups excluding tert-OH is 1. The highest BCUT2D eigenvalue weighted by molar-refractivity contribution is 6.56. The number of hydrogen-bond acceptors (Lipinski definition) is 6. The zero-order valence-electron chi connectivity index (χ0n) is 19.3.